The predicted molar refractivity (Wildman–Crippen MR) is 74.5 cm³/mol. The van der Waals surface area contributed by atoms with Crippen LogP contribution in [0, 0.1) is 6.92 Å². The Morgan fingerprint density at radius 2 is 2.06 bits per heavy atom. The molecule has 0 amide bonds. The van der Waals surface area contributed by atoms with Crippen LogP contribution in [0.3, 0.4) is 0 Å². The molecule has 0 aliphatic heterocycles. The highest BCUT2D eigenvalue weighted by Gasteiger charge is 2.17. The lowest BCUT2D eigenvalue weighted by atomic mass is 9.99. The lowest BCUT2D eigenvalue weighted by Crippen LogP contribution is -2.16. The minimum atomic E-state index is 0.445. The largest absolute Gasteiger partial charge is 0.358 e. The second-order valence-corrected chi connectivity index (χ2v) is 4.67. The number of benzene rings is 1. The molecule has 92 valence electrons. The smallest absolute Gasteiger partial charge is 0.0459 e. The second kappa shape index (κ2) is 4.92. The van der Waals surface area contributed by atoms with Crippen LogP contribution < -0.4 is 5.32 Å². The molecule has 2 heteroatoms. The number of fused-ring (bicyclic) bond motifs is 1. The molecule has 1 unspecified atom stereocenters. The molecule has 2 rings (SSSR count). The van der Waals surface area contributed by atoms with E-state index in [1.807, 2.05) is 7.05 Å². The number of hydrogen-bond donors (Lipinski definition) is 2. The van der Waals surface area contributed by atoms with Crippen LogP contribution in [0.25, 0.3) is 10.9 Å². The lowest BCUT2D eigenvalue weighted by Gasteiger charge is -2.15. The summed E-state index contributed by atoms with van der Waals surface area (Å²) in [4.78, 5) is 3.55. The first-order valence-electron chi connectivity index (χ1n) is 6.49. The van der Waals surface area contributed by atoms with Gasteiger partial charge in [0.15, 0.2) is 0 Å². The number of aryl methyl sites for hydroxylation is 2. The van der Waals surface area contributed by atoms with E-state index in [0.717, 1.165) is 12.8 Å². The van der Waals surface area contributed by atoms with Crippen LogP contribution in [0.15, 0.2) is 18.2 Å². The van der Waals surface area contributed by atoms with Crippen molar-refractivity contribution < 1.29 is 0 Å². The monoisotopic (exact) mass is 230 g/mol. The molecular formula is C15H22N2. The van der Waals surface area contributed by atoms with Crippen LogP contribution in [0.4, 0.5) is 0 Å². The summed E-state index contributed by atoms with van der Waals surface area (Å²) in [5.41, 5.74) is 5.41. The van der Waals surface area contributed by atoms with Gasteiger partial charge >= 0.3 is 0 Å². The van der Waals surface area contributed by atoms with E-state index in [0.29, 0.717) is 6.04 Å². The molecule has 1 aromatic carbocycles. The zero-order chi connectivity index (χ0) is 12.4. The van der Waals surface area contributed by atoms with Gasteiger partial charge in [0.25, 0.3) is 0 Å². The minimum absolute atomic E-state index is 0.445. The van der Waals surface area contributed by atoms with Crippen LogP contribution in [0.1, 0.15) is 43.1 Å². The number of nitrogens with one attached hydrogen (secondary N) is 2. The van der Waals surface area contributed by atoms with Gasteiger partial charge in [0.05, 0.1) is 0 Å². The fraction of sp³-hybridized carbons (Fsp3) is 0.467. The number of hydrogen-bond acceptors (Lipinski definition) is 1. The van der Waals surface area contributed by atoms with E-state index in [-0.39, 0.29) is 0 Å². The van der Waals surface area contributed by atoms with Crippen molar-refractivity contribution in [3.63, 3.8) is 0 Å². The molecule has 0 aliphatic rings. The average molecular weight is 230 g/mol. The first-order valence-corrected chi connectivity index (χ1v) is 6.49. The third kappa shape index (κ3) is 2.09. The summed E-state index contributed by atoms with van der Waals surface area (Å²) < 4.78 is 0. The van der Waals surface area contributed by atoms with Gasteiger partial charge in [0.2, 0.25) is 0 Å². The molecule has 2 nitrogen and oxygen atoms in total. The Labute approximate surface area is 103 Å². The summed E-state index contributed by atoms with van der Waals surface area (Å²) in [6, 6.07) is 7.10. The van der Waals surface area contributed by atoms with Gasteiger partial charge in [-0.15, -0.1) is 0 Å². The molecule has 0 fully saturated rings. The van der Waals surface area contributed by atoms with Gasteiger partial charge in [-0.1, -0.05) is 25.5 Å². The third-order valence-corrected chi connectivity index (χ3v) is 3.53. The van der Waals surface area contributed by atoms with E-state index >= 15 is 0 Å². The molecule has 17 heavy (non-hydrogen) atoms. The van der Waals surface area contributed by atoms with Gasteiger partial charge in [-0.3, -0.25) is 0 Å². The van der Waals surface area contributed by atoms with Crippen molar-refractivity contribution in [2.75, 3.05) is 7.05 Å². The normalized spacial score (nSPS) is 13.2. The Hall–Kier alpha value is -1.28. The molecule has 0 radical (unpaired) electrons. The molecule has 2 aromatic rings. The van der Waals surface area contributed by atoms with Crippen molar-refractivity contribution >= 4 is 10.9 Å². The van der Waals surface area contributed by atoms with E-state index in [1.165, 1.54) is 27.7 Å². The predicted octanol–water partition coefficient (Wildman–Crippen LogP) is 3.71. The summed E-state index contributed by atoms with van der Waals surface area (Å²) in [7, 11) is 2.04. The van der Waals surface area contributed by atoms with E-state index in [4.69, 9.17) is 0 Å². The number of aromatic amines is 1. The zero-order valence-corrected chi connectivity index (χ0v) is 11.2. The van der Waals surface area contributed by atoms with Crippen molar-refractivity contribution in [2.24, 2.45) is 0 Å². The third-order valence-electron chi connectivity index (χ3n) is 3.53. The van der Waals surface area contributed by atoms with Gasteiger partial charge in [-0.2, -0.15) is 0 Å². The summed E-state index contributed by atoms with van der Waals surface area (Å²) in [6.07, 6.45) is 2.17. The van der Waals surface area contributed by atoms with Crippen LogP contribution in [-0.2, 0) is 6.42 Å². The maximum absolute atomic E-state index is 3.55. The Balaban J connectivity index is 2.67. The highest BCUT2D eigenvalue weighted by Crippen LogP contribution is 2.30. The maximum Gasteiger partial charge on any atom is 0.0459 e. The van der Waals surface area contributed by atoms with Gasteiger partial charge in [0, 0.05) is 22.6 Å². The van der Waals surface area contributed by atoms with Crippen LogP contribution >= 0.6 is 0 Å². The molecule has 1 aromatic heterocycles. The fourth-order valence-electron chi connectivity index (χ4n) is 2.61. The second-order valence-electron chi connectivity index (χ2n) is 4.67. The zero-order valence-electron chi connectivity index (χ0n) is 11.2. The Morgan fingerprint density at radius 3 is 2.65 bits per heavy atom. The summed E-state index contributed by atoms with van der Waals surface area (Å²) in [6.45, 7) is 6.60. The van der Waals surface area contributed by atoms with Gasteiger partial charge in [-0.25, -0.2) is 0 Å². The van der Waals surface area contributed by atoms with E-state index < -0.39 is 0 Å². The van der Waals surface area contributed by atoms with Crippen LogP contribution in [0.5, 0.6) is 0 Å². The topological polar surface area (TPSA) is 27.8 Å². The Kier molecular flexibility index (Phi) is 3.53. The number of rotatable bonds is 4. The molecule has 1 atom stereocenters. The average Bonchev–Trinajstić information content (AvgIpc) is 2.69. The molecule has 2 N–H and O–H groups in total. The molecule has 1 heterocycles. The molecular weight excluding hydrogens is 208 g/mol. The lowest BCUT2D eigenvalue weighted by molar-refractivity contribution is 0.575. The molecule has 0 spiro atoms. The van der Waals surface area contributed by atoms with Gasteiger partial charge in [0.1, 0.15) is 0 Å². The summed E-state index contributed by atoms with van der Waals surface area (Å²) >= 11 is 0. The molecule has 0 saturated heterocycles. The fourth-order valence-corrected chi connectivity index (χ4v) is 2.61. The highest BCUT2D eigenvalue weighted by atomic mass is 14.9. The summed E-state index contributed by atoms with van der Waals surface area (Å²) in [5, 5.41) is 4.80. The SMILES string of the molecule is CCc1[nH]c2ccc(C)cc2c1C(CC)NC. The first kappa shape index (κ1) is 12.2. The van der Waals surface area contributed by atoms with Crippen LogP contribution in [0.2, 0.25) is 0 Å². The van der Waals surface area contributed by atoms with E-state index in [9.17, 15) is 0 Å². The first-order chi connectivity index (χ1) is 8.21. The highest BCUT2D eigenvalue weighted by molar-refractivity contribution is 5.86. The molecule has 0 bridgehead atoms. The van der Waals surface area contributed by atoms with Crippen molar-refractivity contribution in [3.05, 3.63) is 35.0 Å². The number of H-pyrrole nitrogens is 1. The van der Waals surface area contributed by atoms with Gasteiger partial charge in [-0.05, 0) is 44.5 Å². The molecule has 0 saturated carbocycles. The van der Waals surface area contributed by atoms with E-state index in [2.05, 4.69) is 49.3 Å². The Morgan fingerprint density at radius 1 is 1.29 bits per heavy atom. The number of aromatic nitrogens is 1. The van der Waals surface area contributed by atoms with Crippen LogP contribution in [-0.4, -0.2) is 12.0 Å². The standard InChI is InChI=1S/C15H22N2/c1-5-12(16-4)15-11-9-10(3)7-8-14(11)17-13(15)6-2/h7-9,12,16-17H,5-6H2,1-4H3. The maximum atomic E-state index is 3.55. The summed E-state index contributed by atoms with van der Waals surface area (Å²) in [5.74, 6) is 0. The molecule has 0 aliphatic carbocycles. The van der Waals surface area contributed by atoms with Crippen molar-refractivity contribution in [1.82, 2.24) is 10.3 Å². The van der Waals surface area contributed by atoms with Gasteiger partial charge < -0.3 is 10.3 Å². The Bertz CT molecular complexity index is 507. The minimum Gasteiger partial charge on any atom is -0.358 e. The van der Waals surface area contributed by atoms with Crippen molar-refractivity contribution in [1.29, 1.82) is 0 Å². The van der Waals surface area contributed by atoms with Crippen molar-refractivity contribution in [3.8, 4) is 0 Å². The van der Waals surface area contributed by atoms with E-state index in [1.54, 1.807) is 0 Å². The van der Waals surface area contributed by atoms with Crippen molar-refractivity contribution in [2.45, 2.75) is 39.7 Å². The quantitative estimate of drug-likeness (QED) is 0.823.